The first-order chi connectivity index (χ1) is 15.9. The van der Waals surface area contributed by atoms with E-state index in [1.165, 1.54) is 12.3 Å². The number of alkyl halides is 3. The predicted octanol–water partition coefficient (Wildman–Crippen LogP) is 6.23. The van der Waals surface area contributed by atoms with Gasteiger partial charge in [0.05, 0.1) is 11.7 Å². The molecule has 11 heteroatoms. The normalized spacial score (nSPS) is 17.7. The highest BCUT2D eigenvalue weighted by Gasteiger charge is 2.48. The fraction of sp³-hybridized carbons (Fsp3) is 0.261. The maximum Gasteiger partial charge on any atom is 0.516 e. The van der Waals surface area contributed by atoms with Gasteiger partial charge >= 0.3 is 15.5 Å². The average molecular weight is 490 g/mol. The van der Waals surface area contributed by atoms with E-state index >= 15 is 0 Å². The van der Waals surface area contributed by atoms with Gasteiger partial charge in [-0.2, -0.15) is 21.6 Å². The van der Waals surface area contributed by atoms with Crippen molar-refractivity contribution in [3.63, 3.8) is 0 Å². The fourth-order valence-corrected chi connectivity index (χ4v) is 4.88. The lowest BCUT2D eigenvalue weighted by Crippen LogP contribution is -2.31. The third-order valence-electron chi connectivity index (χ3n) is 5.83. The van der Waals surface area contributed by atoms with Crippen LogP contribution in [0.4, 0.5) is 36.1 Å². The molecule has 1 aromatic heterocycles. The number of fused-ring (bicyclic) bond motifs is 1. The summed E-state index contributed by atoms with van der Waals surface area (Å²) in [6.07, 6.45) is 1.49. The molecule has 0 saturated carbocycles. The van der Waals surface area contributed by atoms with Crippen LogP contribution in [0.5, 0.6) is 0 Å². The number of nitrogens with one attached hydrogen (secondary N) is 1. The highest BCUT2D eigenvalue weighted by molar-refractivity contribution is 7.93. The van der Waals surface area contributed by atoms with Crippen molar-refractivity contribution in [3.05, 3.63) is 78.0 Å². The standard InChI is InChI=1S/C23H22F3N5O2S/c1-22(2)16-13-17(28-29-20-11-7-8-12-27-20)18(30-34(32,33)23(24,25)26)14-19(16)31(3)21(22)15-9-5-4-6-10-15/h4-14,21,30H,1-3H3. The molecule has 4 rings (SSSR count). The first-order valence-corrected chi connectivity index (χ1v) is 11.8. The van der Waals surface area contributed by atoms with Gasteiger partial charge in [-0.15, -0.1) is 10.2 Å². The minimum absolute atomic E-state index is 0.0487. The molecule has 1 aliphatic heterocycles. The summed E-state index contributed by atoms with van der Waals surface area (Å²) in [6.45, 7) is 4.04. The van der Waals surface area contributed by atoms with Crippen LogP contribution in [0, 0.1) is 0 Å². The molecule has 1 aliphatic rings. The zero-order chi connectivity index (χ0) is 24.7. The Morgan fingerprint density at radius 1 is 1.03 bits per heavy atom. The van der Waals surface area contributed by atoms with Crippen LogP contribution in [0.15, 0.2) is 77.1 Å². The van der Waals surface area contributed by atoms with Gasteiger partial charge in [0.1, 0.15) is 5.69 Å². The van der Waals surface area contributed by atoms with Gasteiger partial charge in [0.2, 0.25) is 0 Å². The Kier molecular flexibility index (Phi) is 5.84. The number of rotatable bonds is 5. The molecule has 0 bridgehead atoms. The number of benzene rings is 2. The Balaban J connectivity index is 1.86. The number of hydrogen-bond donors (Lipinski definition) is 1. The topological polar surface area (TPSA) is 87.0 Å². The quantitative estimate of drug-likeness (QED) is 0.431. The predicted molar refractivity (Wildman–Crippen MR) is 124 cm³/mol. The molecule has 34 heavy (non-hydrogen) atoms. The van der Waals surface area contributed by atoms with Crippen LogP contribution in [0.3, 0.4) is 0 Å². The largest absolute Gasteiger partial charge is 0.516 e. The summed E-state index contributed by atoms with van der Waals surface area (Å²) in [6, 6.07) is 17.4. The van der Waals surface area contributed by atoms with E-state index in [1.54, 1.807) is 29.0 Å². The molecule has 1 N–H and O–H groups in total. The van der Waals surface area contributed by atoms with E-state index < -0.39 is 20.9 Å². The van der Waals surface area contributed by atoms with Crippen LogP contribution in [0.2, 0.25) is 0 Å². The number of aromatic nitrogens is 1. The number of likely N-dealkylation sites (N-methyl/N-ethyl adjacent to an activating group) is 1. The van der Waals surface area contributed by atoms with Crippen molar-refractivity contribution in [2.75, 3.05) is 16.7 Å². The van der Waals surface area contributed by atoms with E-state index in [1.807, 2.05) is 56.1 Å². The van der Waals surface area contributed by atoms with Crippen molar-refractivity contribution in [2.24, 2.45) is 10.2 Å². The minimum Gasteiger partial charge on any atom is -0.366 e. The van der Waals surface area contributed by atoms with E-state index in [-0.39, 0.29) is 23.2 Å². The fourth-order valence-electron chi connectivity index (χ4n) is 4.32. The van der Waals surface area contributed by atoms with Crippen molar-refractivity contribution in [1.29, 1.82) is 0 Å². The molecule has 3 aromatic rings. The second-order valence-corrected chi connectivity index (χ2v) is 10.1. The highest BCUT2D eigenvalue weighted by atomic mass is 32.2. The highest BCUT2D eigenvalue weighted by Crippen LogP contribution is 2.54. The SMILES string of the molecule is CN1c2cc(NS(=O)(=O)C(F)(F)F)c(N=Nc3ccccn3)cc2C(C)(C)C1c1ccccc1. The van der Waals surface area contributed by atoms with Crippen molar-refractivity contribution in [3.8, 4) is 0 Å². The Hall–Kier alpha value is -3.47. The first-order valence-electron chi connectivity index (χ1n) is 10.3. The maximum absolute atomic E-state index is 13.1. The molecule has 1 atom stereocenters. The number of nitrogens with zero attached hydrogens (tertiary/aromatic N) is 4. The van der Waals surface area contributed by atoms with Gasteiger partial charge in [-0.05, 0) is 35.4 Å². The van der Waals surface area contributed by atoms with E-state index in [2.05, 4.69) is 15.2 Å². The lowest BCUT2D eigenvalue weighted by atomic mass is 9.77. The summed E-state index contributed by atoms with van der Waals surface area (Å²) in [5, 5.41) is 8.04. The van der Waals surface area contributed by atoms with Gasteiger partial charge in [0, 0.05) is 24.3 Å². The van der Waals surface area contributed by atoms with Crippen molar-refractivity contribution in [1.82, 2.24) is 4.98 Å². The number of pyridine rings is 1. The summed E-state index contributed by atoms with van der Waals surface area (Å²) in [7, 11) is -3.85. The molecule has 2 aromatic carbocycles. The van der Waals surface area contributed by atoms with Crippen molar-refractivity contribution in [2.45, 2.75) is 30.8 Å². The van der Waals surface area contributed by atoms with Crippen molar-refractivity contribution < 1.29 is 21.6 Å². The summed E-state index contributed by atoms with van der Waals surface area (Å²) in [4.78, 5) is 5.94. The first kappa shape index (κ1) is 23.7. The molecule has 0 amide bonds. The van der Waals surface area contributed by atoms with Gasteiger partial charge in [-0.3, -0.25) is 4.72 Å². The number of sulfonamides is 1. The third-order valence-corrected chi connectivity index (χ3v) is 6.93. The van der Waals surface area contributed by atoms with E-state index in [4.69, 9.17) is 0 Å². The van der Waals surface area contributed by atoms with Crippen LogP contribution in [0.25, 0.3) is 0 Å². The molecule has 0 radical (unpaired) electrons. The van der Waals surface area contributed by atoms with Gasteiger partial charge in [0.25, 0.3) is 0 Å². The molecular weight excluding hydrogens is 467 g/mol. The molecule has 0 spiro atoms. The lowest BCUT2D eigenvalue weighted by molar-refractivity contribution is -0.0429. The number of anilines is 2. The minimum atomic E-state index is -5.67. The van der Waals surface area contributed by atoms with Crippen LogP contribution >= 0.6 is 0 Å². The molecule has 178 valence electrons. The molecular formula is C23H22F3N5O2S. The van der Waals surface area contributed by atoms with Gasteiger partial charge < -0.3 is 4.90 Å². The summed E-state index contributed by atoms with van der Waals surface area (Å²) in [5.74, 6) is 0.228. The monoisotopic (exact) mass is 489 g/mol. The second kappa shape index (κ2) is 8.39. The Labute approximate surface area is 195 Å². The lowest BCUT2D eigenvalue weighted by Gasteiger charge is -2.32. The zero-order valence-electron chi connectivity index (χ0n) is 18.6. The number of azo groups is 1. The molecule has 0 saturated heterocycles. The molecule has 1 unspecified atom stereocenters. The van der Waals surface area contributed by atoms with Gasteiger partial charge in [-0.1, -0.05) is 50.2 Å². The van der Waals surface area contributed by atoms with E-state index in [9.17, 15) is 21.6 Å². The average Bonchev–Trinajstić information content (AvgIpc) is 2.97. The molecule has 2 heterocycles. The second-order valence-electron chi connectivity index (χ2n) is 8.47. The number of hydrogen-bond acceptors (Lipinski definition) is 6. The zero-order valence-corrected chi connectivity index (χ0v) is 19.4. The van der Waals surface area contributed by atoms with E-state index in [0.29, 0.717) is 5.69 Å². The Bertz CT molecular complexity index is 1330. The van der Waals surface area contributed by atoms with Crippen molar-refractivity contribution >= 4 is 32.9 Å². The van der Waals surface area contributed by atoms with Crippen LogP contribution < -0.4 is 9.62 Å². The Morgan fingerprint density at radius 2 is 1.71 bits per heavy atom. The maximum atomic E-state index is 13.1. The summed E-state index contributed by atoms with van der Waals surface area (Å²) >= 11 is 0. The van der Waals surface area contributed by atoms with Gasteiger partial charge in [0.15, 0.2) is 5.82 Å². The third kappa shape index (κ3) is 4.23. The van der Waals surface area contributed by atoms with Crippen LogP contribution in [0.1, 0.15) is 31.0 Å². The molecule has 0 aliphatic carbocycles. The molecule has 0 fully saturated rings. The van der Waals surface area contributed by atoms with Gasteiger partial charge in [-0.25, -0.2) is 4.98 Å². The number of halogens is 3. The molecule has 7 nitrogen and oxygen atoms in total. The van der Waals surface area contributed by atoms with E-state index in [0.717, 1.165) is 11.1 Å². The van der Waals surface area contributed by atoms with Crippen LogP contribution in [-0.2, 0) is 15.4 Å². The summed E-state index contributed by atoms with van der Waals surface area (Å²) in [5.41, 5.74) is -3.93. The smallest absolute Gasteiger partial charge is 0.366 e. The summed E-state index contributed by atoms with van der Waals surface area (Å²) < 4.78 is 64.9. The Morgan fingerprint density at radius 3 is 2.32 bits per heavy atom. The van der Waals surface area contributed by atoms with Crippen LogP contribution in [-0.4, -0.2) is 26.0 Å².